The minimum absolute atomic E-state index is 0.0652. The highest BCUT2D eigenvalue weighted by Gasteiger charge is 2.25. The van der Waals surface area contributed by atoms with Crippen LogP contribution in [0.15, 0.2) is 54.6 Å². The lowest BCUT2D eigenvalue weighted by Crippen LogP contribution is -2.36. The Bertz CT molecular complexity index is 874. The van der Waals surface area contributed by atoms with Gasteiger partial charge in [-0.25, -0.2) is 0 Å². The van der Waals surface area contributed by atoms with Gasteiger partial charge in [-0.2, -0.15) is 0 Å². The van der Waals surface area contributed by atoms with Gasteiger partial charge in [0.1, 0.15) is 0 Å². The molecule has 3 rings (SSSR count). The summed E-state index contributed by atoms with van der Waals surface area (Å²) >= 11 is 6.42. The number of carbonyl (C=O) groups is 2. The largest absolute Gasteiger partial charge is 0.355 e. The Morgan fingerprint density at radius 1 is 1.10 bits per heavy atom. The van der Waals surface area contributed by atoms with Gasteiger partial charge in [0.05, 0.1) is 6.04 Å². The van der Waals surface area contributed by atoms with Gasteiger partial charge in [0.25, 0.3) is 5.91 Å². The van der Waals surface area contributed by atoms with Crippen molar-refractivity contribution in [2.75, 3.05) is 26.7 Å². The Hall–Kier alpha value is -2.63. The monoisotopic (exact) mass is 411 g/mol. The molecule has 1 saturated heterocycles. The van der Waals surface area contributed by atoms with Crippen LogP contribution in [0.1, 0.15) is 40.4 Å². The molecule has 1 fully saturated rings. The second-order valence-corrected chi connectivity index (χ2v) is 7.47. The van der Waals surface area contributed by atoms with E-state index in [-0.39, 0.29) is 17.9 Å². The zero-order valence-corrected chi connectivity index (χ0v) is 17.3. The SMILES string of the molecule is CNC(=O)c1ccc(/C=C/C(=O)NCC(c2ccccc2Cl)N2CCCC2)cc1. The van der Waals surface area contributed by atoms with Gasteiger partial charge in [-0.15, -0.1) is 0 Å². The van der Waals surface area contributed by atoms with Crippen LogP contribution < -0.4 is 10.6 Å². The van der Waals surface area contributed by atoms with Gasteiger partial charge in [-0.1, -0.05) is 41.9 Å². The van der Waals surface area contributed by atoms with Crippen molar-refractivity contribution >= 4 is 29.5 Å². The molecule has 0 bridgehead atoms. The van der Waals surface area contributed by atoms with E-state index in [2.05, 4.69) is 15.5 Å². The van der Waals surface area contributed by atoms with Gasteiger partial charge in [0.15, 0.2) is 0 Å². The van der Waals surface area contributed by atoms with Crippen LogP contribution in [-0.2, 0) is 4.79 Å². The summed E-state index contributed by atoms with van der Waals surface area (Å²) in [7, 11) is 1.60. The number of carbonyl (C=O) groups excluding carboxylic acids is 2. The Labute approximate surface area is 176 Å². The van der Waals surface area contributed by atoms with Gasteiger partial charge in [-0.05, 0) is 61.3 Å². The number of likely N-dealkylation sites (tertiary alicyclic amines) is 1. The molecule has 29 heavy (non-hydrogen) atoms. The Kier molecular flexibility index (Phi) is 7.44. The first kappa shape index (κ1) is 21.1. The smallest absolute Gasteiger partial charge is 0.251 e. The molecule has 2 N–H and O–H groups in total. The number of nitrogens with one attached hydrogen (secondary N) is 2. The minimum atomic E-state index is -0.156. The molecule has 152 valence electrons. The van der Waals surface area contributed by atoms with E-state index in [0.717, 1.165) is 29.2 Å². The van der Waals surface area contributed by atoms with Gasteiger partial charge in [-0.3, -0.25) is 14.5 Å². The lowest BCUT2D eigenvalue weighted by Gasteiger charge is -2.28. The third-order valence-electron chi connectivity index (χ3n) is 5.14. The quantitative estimate of drug-likeness (QED) is 0.683. The Balaban J connectivity index is 1.62. The third kappa shape index (κ3) is 5.68. The Morgan fingerprint density at radius 3 is 2.45 bits per heavy atom. The first-order valence-electron chi connectivity index (χ1n) is 9.85. The van der Waals surface area contributed by atoms with E-state index >= 15 is 0 Å². The summed E-state index contributed by atoms with van der Waals surface area (Å²) in [5.74, 6) is -0.289. The summed E-state index contributed by atoms with van der Waals surface area (Å²) < 4.78 is 0. The molecule has 1 unspecified atom stereocenters. The molecule has 1 atom stereocenters. The molecule has 2 aromatic carbocycles. The molecular formula is C23H26ClN3O2. The van der Waals surface area contributed by atoms with Crippen molar-refractivity contribution in [1.29, 1.82) is 0 Å². The van der Waals surface area contributed by atoms with Gasteiger partial charge in [0, 0.05) is 30.3 Å². The van der Waals surface area contributed by atoms with E-state index in [4.69, 9.17) is 11.6 Å². The number of hydrogen-bond donors (Lipinski definition) is 2. The number of halogens is 1. The molecule has 0 radical (unpaired) electrons. The first-order chi connectivity index (χ1) is 14.1. The van der Waals surface area contributed by atoms with Crippen molar-refractivity contribution in [3.8, 4) is 0 Å². The van der Waals surface area contributed by atoms with Crippen LogP contribution in [0.25, 0.3) is 6.08 Å². The summed E-state index contributed by atoms with van der Waals surface area (Å²) in [6, 6.07) is 15.0. The molecule has 2 aromatic rings. The van der Waals surface area contributed by atoms with Crippen LogP contribution in [0, 0.1) is 0 Å². The molecule has 0 spiro atoms. The van der Waals surface area contributed by atoms with Crippen molar-refractivity contribution in [1.82, 2.24) is 15.5 Å². The second kappa shape index (κ2) is 10.2. The summed E-state index contributed by atoms with van der Waals surface area (Å²) in [6.45, 7) is 2.53. The van der Waals surface area contributed by atoms with E-state index < -0.39 is 0 Å². The van der Waals surface area contributed by atoms with E-state index in [0.29, 0.717) is 12.1 Å². The summed E-state index contributed by atoms with van der Waals surface area (Å²) in [6.07, 6.45) is 5.59. The predicted molar refractivity (Wildman–Crippen MR) is 117 cm³/mol. The first-order valence-corrected chi connectivity index (χ1v) is 10.2. The van der Waals surface area contributed by atoms with E-state index in [1.54, 1.807) is 25.3 Å². The molecule has 0 aliphatic carbocycles. The molecule has 6 heteroatoms. The van der Waals surface area contributed by atoms with Gasteiger partial charge in [0.2, 0.25) is 5.91 Å². The standard InChI is InChI=1S/C23H26ClN3O2/c1-25-23(29)18-11-8-17(9-12-18)10-13-22(28)26-16-21(27-14-4-5-15-27)19-6-2-3-7-20(19)24/h2-3,6-13,21H,4-5,14-16H2,1H3,(H,25,29)(H,26,28)/b13-10+. The lowest BCUT2D eigenvalue weighted by molar-refractivity contribution is -0.116. The number of nitrogens with zero attached hydrogens (tertiary/aromatic N) is 1. The maximum absolute atomic E-state index is 12.4. The normalized spacial score (nSPS) is 15.4. The highest BCUT2D eigenvalue weighted by molar-refractivity contribution is 6.31. The van der Waals surface area contributed by atoms with Crippen LogP contribution in [0.5, 0.6) is 0 Å². The summed E-state index contributed by atoms with van der Waals surface area (Å²) in [5.41, 5.74) is 2.49. The molecule has 1 aliphatic rings. The van der Waals surface area contributed by atoms with Crippen molar-refractivity contribution in [2.24, 2.45) is 0 Å². The van der Waals surface area contributed by atoms with E-state index in [9.17, 15) is 9.59 Å². The van der Waals surface area contributed by atoms with E-state index in [1.807, 2.05) is 36.4 Å². The molecule has 0 aromatic heterocycles. The topological polar surface area (TPSA) is 61.4 Å². The van der Waals surface area contributed by atoms with Crippen LogP contribution in [0.3, 0.4) is 0 Å². The molecule has 1 aliphatic heterocycles. The summed E-state index contributed by atoms with van der Waals surface area (Å²) in [4.78, 5) is 26.3. The number of hydrogen-bond acceptors (Lipinski definition) is 3. The highest BCUT2D eigenvalue weighted by Crippen LogP contribution is 2.29. The zero-order valence-electron chi connectivity index (χ0n) is 16.5. The molecule has 0 saturated carbocycles. The zero-order chi connectivity index (χ0) is 20.6. The van der Waals surface area contributed by atoms with Crippen molar-refractivity contribution in [3.05, 3.63) is 76.3 Å². The molecule has 2 amide bonds. The van der Waals surface area contributed by atoms with Crippen LogP contribution in [0.4, 0.5) is 0 Å². The van der Waals surface area contributed by atoms with Gasteiger partial charge >= 0.3 is 0 Å². The maximum Gasteiger partial charge on any atom is 0.251 e. The minimum Gasteiger partial charge on any atom is -0.355 e. The van der Waals surface area contributed by atoms with Crippen molar-refractivity contribution < 1.29 is 9.59 Å². The fraction of sp³-hybridized carbons (Fsp3) is 0.304. The van der Waals surface area contributed by atoms with Crippen LogP contribution in [0.2, 0.25) is 5.02 Å². The van der Waals surface area contributed by atoms with Crippen molar-refractivity contribution in [2.45, 2.75) is 18.9 Å². The average Bonchev–Trinajstić information content (AvgIpc) is 3.28. The fourth-order valence-corrected chi connectivity index (χ4v) is 3.81. The van der Waals surface area contributed by atoms with Crippen LogP contribution >= 0.6 is 11.6 Å². The average molecular weight is 412 g/mol. The molecule has 1 heterocycles. The van der Waals surface area contributed by atoms with Crippen LogP contribution in [-0.4, -0.2) is 43.4 Å². The predicted octanol–water partition coefficient (Wildman–Crippen LogP) is 3.67. The third-order valence-corrected chi connectivity index (χ3v) is 5.49. The number of rotatable bonds is 7. The van der Waals surface area contributed by atoms with E-state index in [1.165, 1.54) is 18.9 Å². The Morgan fingerprint density at radius 2 is 1.79 bits per heavy atom. The second-order valence-electron chi connectivity index (χ2n) is 7.06. The highest BCUT2D eigenvalue weighted by atomic mass is 35.5. The lowest BCUT2D eigenvalue weighted by atomic mass is 10.1. The molecule has 5 nitrogen and oxygen atoms in total. The fourth-order valence-electron chi connectivity index (χ4n) is 3.55. The number of benzene rings is 2. The number of amides is 2. The van der Waals surface area contributed by atoms with Gasteiger partial charge < -0.3 is 10.6 Å². The van der Waals surface area contributed by atoms with Crippen molar-refractivity contribution in [3.63, 3.8) is 0 Å². The maximum atomic E-state index is 12.4. The summed E-state index contributed by atoms with van der Waals surface area (Å²) in [5, 5.41) is 6.32. The molecular weight excluding hydrogens is 386 g/mol.